The largest absolute Gasteiger partial charge is 0.409 e. The van der Waals surface area contributed by atoms with Crippen molar-refractivity contribution in [1.29, 1.82) is 0 Å². The Kier molecular flexibility index (Phi) is 4.63. The molecule has 1 amide bonds. The number of nitrogens with zero attached hydrogens (tertiary/aromatic N) is 1. The first kappa shape index (κ1) is 15.9. The number of carbonyl (C=O) groups excluding carboxylic acids is 1. The fourth-order valence-corrected chi connectivity index (χ4v) is 3.02. The van der Waals surface area contributed by atoms with Crippen LogP contribution in [0.25, 0.3) is 0 Å². The van der Waals surface area contributed by atoms with Crippen molar-refractivity contribution in [3.05, 3.63) is 0 Å². The minimum Gasteiger partial charge on any atom is -0.409 e. The molecule has 2 rings (SSSR count). The number of hydrogen-bond donors (Lipinski definition) is 3. The molecule has 8 heteroatoms. The number of rotatable bonds is 4. The summed E-state index contributed by atoms with van der Waals surface area (Å²) in [5.74, 6) is -3.41. The van der Waals surface area contributed by atoms with Crippen LogP contribution < -0.4 is 11.1 Å². The Morgan fingerprint density at radius 1 is 1.24 bits per heavy atom. The second kappa shape index (κ2) is 6.11. The molecule has 3 atom stereocenters. The Morgan fingerprint density at radius 2 is 1.86 bits per heavy atom. The van der Waals surface area contributed by atoms with Crippen molar-refractivity contribution in [3.8, 4) is 0 Å². The van der Waals surface area contributed by atoms with Gasteiger partial charge < -0.3 is 16.3 Å². The van der Waals surface area contributed by atoms with Crippen molar-refractivity contribution >= 4 is 11.7 Å². The maximum Gasteiger partial charge on any atom is 0.392 e. The summed E-state index contributed by atoms with van der Waals surface area (Å²) in [6.07, 6.45) is -1.43. The molecule has 21 heavy (non-hydrogen) atoms. The number of carbonyl (C=O) groups is 1. The molecule has 2 aliphatic rings. The van der Waals surface area contributed by atoms with Crippen LogP contribution in [0.15, 0.2) is 5.16 Å². The van der Waals surface area contributed by atoms with Crippen LogP contribution >= 0.6 is 0 Å². The summed E-state index contributed by atoms with van der Waals surface area (Å²) in [5, 5.41) is 14.1. The maximum absolute atomic E-state index is 13.0. The Labute approximate surface area is 120 Å². The first-order chi connectivity index (χ1) is 9.84. The van der Waals surface area contributed by atoms with Gasteiger partial charge in [0.05, 0.1) is 12.0 Å². The van der Waals surface area contributed by atoms with Gasteiger partial charge in [-0.1, -0.05) is 18.0 Å². The molecular formula is C13H20F3N3O2. The second-order valence-electron chi connectivity index (χ2n) is 5.89. The molecule has 2 fully saturated rings. The number of hydrogen-bond acceptors (Lipinski definition) is 3. The third-order valence-electron chi connectivity index (χ3n) is 4.35. The molecule has 0 bridgehead atoms. The highest BCUT2D eigenvalue weighted by Crippen LogP contribution is 2.42. The number of amidine groups is 1. The lowest BCUT2D eigenvalue weighted by atomic mass is 9.78. The normalized spacial score (nSPS) is 29.0. The predicted molar refractivity (Wildman–Crippen MR) is 69.6 cm³/mol. The Hall–Kier alpha value is -1.47. The summed E-state index contributed by atoms with van der Waals surface area (Å²) in [6.45, 7) is 0. The van der Waals surface area contributed by atoms with Gasteiger partial charge in [-0.05, 0) is 31.6 Å². The van der Waals surface area contributed by atoms with Crippen LogP contribution in [0.5, 0.6) is 0 Å². The Bertz CT molecular complexity index is 421. The van der Waals surface area contributed by atoms with Crippen LogP contribution in [0.1, 0.15) is 38.5 Å². The minimum atomic E-state index is -4.37. The van der Waals surface area contributed by atoms with Gasteiger partial charge in [0.15, 0.2) is 5.84 Å². The number of nitrogens with one attached hydrogen (secondary N) is 1. The van der Waals surface area contributed by atoms with Gasteiger partial charge in [0.1, 0.15) is 0 Å². The van der Waals surface area contributed by atoms with Crippen LogP contribution in [0.2, 0.25) is 0 Å². The molecule has 0 saturated heterocycles. The van der Waals surface area contributed by atoms with E-state index in [9.17, 15) is 18.0 Å². The SMILES string of the molecule is NC(=NO)C(NC(=O)C1CCCCC1C(F)(F)F)C1CC1. The highest BCUT2D eigenvalue weighted by molar-refractivity contribution is 5.91. The van der Waals surface area contributed by atoms with E-state index in [0.717, 1.165) is 12.8 Å². The summed E-state index contributed by atoms with van der Waals surface area (Å²) >= 11 is 0. The van der Waals surface area contributed by atoms with E-state index in [1.807, 2.05) is 0 Å². The maximum atomic E-state index is 13.0. The third-order valence-corrected chi connectivity index (χ3v) is 4.35. The lowest BCUT2D eigenvalue weighted by Crippen LogP contribution is -2.51. The van der Waals surface area contributed by atoms with Gasteiger partial charge in [-0.15, -0.1) is 0 Å². The fourth-order valence-electron chi connectivity index (χ4n) is 3.02. The van der Waals surface area contributed by atoms with E-state index in [4.69, 9.17) is 10.9 Å². The topological polar surface area (TPSA) is 87.7 Å². The van der Waals surface area contributed by atoms with Gasteiger partial charge in [0.2, 0.25) is 5.91 Å². The zero-order chi connectivity index (χ0) is 15.6. The lowest BCUT2D eigenvalue weighted by Gasteiger charge is -2.33. The van der Waals surface area contributed by atoms with E-state index < -0.39 is 30.0 Å². The van der Waals surface area contributed by atoms with Crippen molar-refractivity contribution in [3.63, 3.8) is 0 Å². The monoisotopic (exact) mass is 307 g/mol. The van der Waals surface area contributed by atoms with E-state index in [1.54, 1.807) is 0 Å². The molecule has 2 saturated carbocycles. The van der Waals surface area contributed by atoms with Crippen molar-refractivity contribution in [1.82, 2.24) is 5.32 Å². The quantitative estimate of drug-likeness (QED) is 0.321. The van der Waals surface area contributed by atoms with Crippen LogP contribution in [-0.2, 0) is 4.79 Å². The molecule has 0 aromatic carbocycles. The first-order valence-electron chi connectivity index (χ1n) is 7.19. The number of oxime groups is 1. The highest BCUT2D eigenvalue weighted by Gasteiger charge is 2.49. The summed E-state index contributed by atoms with van der Waals surface area (Å²) in [7, 11) is 0. The van der Waals surface area contributed by atoms with Gasteiger partial charge in [-0.2, -0.15) is 13.2 Å². The van der Waals surface area contributed by atoms with Crippen LogP contribution in [0, 0.1) is 17.8 Å². The van der Waals surface area contributed by atoms with E-state index in [-0.39, 0.29) is 24.6 Å². The van der Waals surface area contributed by atoms with Crippen LogP contribution in [-0.4, -0.2) is 29.2 Å². The number of halogens is 3. The smallest absolute Gasteiger partial charge is 0.392 e. The molecule has 0 heterocycles. The lowest BCUT2D eigenvalue weighted by molar-refractivity contribution is -0.198. The second-order valence-corrected chi connectivity index (χ2v) is 5.89. The summed E-state index contributed by atoms with van der Waals surface area (Å²) in [5.41, 5.74) is 5.52. The number of alkyl halides is 3. The third kappa shape index (κ3) is 3.79. The first-order valence-corrected chi connectivity index (χ1v) is 7.19. The van der Waals surface area contributed by atoms with Gasteiger partial charge in [-0.3, -0.25) is 4.79 Å². The number of nitrogens with two attached hydrogens (primary N) is 1. The summed E-state index contributed by atoms with van der Waals surface area (Å²) in [4.78, 5) is 12.2. The van der Waals surface area contributed by atoms with Crippen molar-refractivity contribution < 1.29 is 23.2 Å². The molecule has 120 valence electrons. The van der Waals surface area contributed by atoms with E-state index in [0.29, 0.717) is 12.8 Å². The fraction of sp³-hybridized carbons (Fsp3) is 0.846. The van der Waals surface area contributed by atoms with Gasteiger partial charge >= 0.3 is 6.18 Å². The average Bonchev–Trinajstić information content (AvgIpc) is 3.27. The molecule has 0 radical (unpaired) electrons. The van der Waals surface area contributed by atoms with Crippen LogP contribution in [0.4, 0.5) is 13.2 Å². The molecule has 0 aromatic heterocycles. The summed E-state index contributed by atoms with van der Waals surface area (Å²) in [6, 6.07) is -0.668. The van der Waals surface area contributed by atoms with E-state index in [2.05, 4.69) is 10.5 Å². The molecular weight excluding hydrogens is 287 g/mol. The minimum absolute atomic E-state index is 0.0146. The molecule has 0 spiro atoms. The standard InChI is InChI=1S/C13H20F3N3O2/c14-13(15,16)9-4-2-1-3-8(9)12(20)18-10(7-5-6-7)11(17)19-21/h7-10,21H,1-6H2,(H2,17,19)(H,18,20). The molecule has 4 N–H and O–H groups in total. The van der Waals surface area contributed by atoms with Gasteiger partial charge in [-0.25, -0.2) is 0 Å². The van der Waals surface area contributed by atoms with Crippen molar-refractivity contribution in [2.45, 2.75) is 50.7 Å². The molecule has 3 unspecified atom stereocenters. The molecule has 2 aliphatic carbocycles. The van der Waals surface area contributed by atoms with Crippen LogP contribution in [0.3, 0.4) is 0 Å². The highest BCUT2D eigenvalue weighted by atomic mass is 19.4. The van der Waals surface area contributed by atoms with Gasteiger partial charge in [0, 0.05) is 5.92 Å². The Balaban J connectivity index is 2.06. The molecule has 0 aliphatic heterocycles. The molecule has 0 aromatic rings. The molecule has 5 nitrogen and oxygen atoms in total. The van der Waals surface area contributed by atoms with Crippen molar-refractivity contribution in [2.24, 2.45) is 28.6 Å². The zero-order valence-electron chi connectivity index (χ0n) is 11.6. The van der Waals surface area contributed by atoms with E-state index >= 15 is 0 Å². The Morgan fingerprint density at radius 3 is 2.38 bits per heavy atom. The average molecular weight is 307 g/mol. The van der Waals surface area contributed by atoms with Gasteiger partial charge in [0.25, 0.3) is 0 Å². The number of amides is 1. The zero-order valence-corrected chi connectivity index (χ0v) is 11.6. The van der Waals surface area contributed by atoms with E-state index in [1.165, 1.54) is 0 Å². The summed E-state index contributed by atoms with van der Waals surface area (Å²) < 4.78 is 39.0. The predicted octanol–water partition coefficient (Wildman–Crippen LogP) is 2.00. The van der Waals surface area contributed by atoms with Crippen molar-refractivity contribution in [2.75, 3.05) is 0 Å².